The minimum absolute atomic E-state index is 0.0279. The molecule has 0 fully saturated rings. The first-order chi connectivity index (χ1) is 13.8. The third kappa shape index (κ3) is 4.72. The van der Waals surface area contributed by atoms with Crippen LogP contribution in [0.4, 0.5) is 30.2 Å². The second-order valence-electron chi connectivity index (χ2n) is 6.46. The molecule has 3 aromatic carbocycles. The van der Waals surface area contributed by atoms with Crippen LogP contribution in [0.1, 0.15) is 17.2 Å². The van der Waals surface area contributed by atoms with Crippen molar-refractivity contribution in [3.8, 4) is 11.1 Å². The second-order valence-corrected chi connectivity index (χ2v) is 6.46. The molecule has 5 nitrogen and oxygen atoms in total. The van der Waals surface area contributed by atoms with Gasteiger partial charge in [0.15, 0.2) is 6.10 Å². The zero-order valence-corrected chi connectivity index (χ0v) is 15.1. The fourth-order valence-electron chi connectivity index (χ4n) is 2.90. The van der Waals surface area contributed by atoms with Gasteiger partial charge in [-0.2, -0.15) is 13.2 Å². The van der Waals surface area contributed by atoms with Gasteiger partial charge in [0.1, 0.15) is 5.69 Å². The summed E-state index contributed by atoms with van der Waals surface area (Å²) in [6.07, 6.45) is -7.38. The zero-order valence-electron chi connectivity index (χ0n) is 15.1. The molecule has 0 saturated heterocycles. The smallest absolute Gasteiger partial charge is 0.395 e. The number of nitrogens with one attached hydrogen (secondary N) is 1. The quantitative estimate of drug-likeness (QED) is 0.374. The Balaban J connectivity index is 1.96. The van der Waals surface area contributed by atoms with Gasteiger partial charge >= 0.3 is 6.18 Å². The van der Waals surface area contributed by atoms with Gasteiger partial charge in [-0.25, -0.2) is 0 Å². The molecular formula is C21H18F3N3O2. The van der Waals surface area contributed by atoms with E-state index in [0.29, 0.717) is 23.4 Å². The van der Waals surface area contributed by atoms with Gasteiger partial charge in [0.05, 0.1) is 11.4 Å². The van der Waals surface area contributed by atoms with Crippen LogP contribution >= 0.6 is 0 Å². The summed E-state index contributed by atoms with van der Waals surface area (Å²) >= 11 is 0. The van der Waals surface area contributed by atoms with Gasteiger partial charge in [0.2, 0.25) is 0 Å². The summed E-state index contributed by atoms with van der Waals surface area (Å²) in [5.41, 5.74) is 8.06. The molecule has 0 heterocycles. The summed E-state index contributed by atoms with van der Waals surface area (Å²) in [6.45, 7) is 0.430. The third-order valence-electron chi connectivity index (χ3n) is 4.43. The van der Waals surface area contributed by atoms with Crippen LogP contribution in [0.3, 0.4) is 0 Å². The molecule has 0 amide bonds. The molecule has 4 N–H and O–H groups in total. The first kappa shape index (κ1) is 20.3. The average Bonchev–Trinajstić information content (AvgIpc) is 2.72. The highest BCUT2D eigenvalue weighted by atomic mass is 19.4. The highest BCUT2D eigenvalue weighted by Crippen LogP contribution is 2.38. The summed E-state index contributed by atoms with van der Waals surface area (Å²) in [4.78, 5) is 11.2. The van der Waals surface area contributed by atoms with Crippen molar-refractivity contribution in [1.82, 2.24) is 0 Å². The van der Waals surface area contributed by atoms with Crippen molar-refractivity contribution in [3.05, 3.63) is 82.8 Å². The minimum atomic E-state index is -4.78. The number of benzene rings is 3. The number of anilines is 2. The van der Waals surface area contributed by atoms with Crippen LogP contribution in [-0.2, 0) is 6.54 Å². The molecule has 1 atom stereocenters. The number of nitroso groups, excluding NO2 is 1. The van der Waals surface area contributed by atoms with E-state index in [-0.39, 0.29) is 16.9 Å². The van der Waals surface area contributed by atoms with Crippen LogP contribution in [0.5, 0.6) is 0 Å². The van der Waals surface area contributed by atoms with Gasteiger partial charge in [0, 0.05) is 6.54 Å². The Morgan fingerprint density at radius 3 is 2.38 bits per heavy atom. The van der Waals surface area contributed by atoms with Crippen molar-refractivity contribution >= 4 is 17.1 Å². The predicted molar refractivity (Wildman–Crippen MR) is 107 cm³/mol. The van der Waals surface area contributed by atoms with Gasteiger partial charge in [0.25, 0.3) is 0 Å². The maximum absolute atomic E-state index is 12.8. The maximum atomic E-state index is 12.8. The largest absolute Gasteiger partial charge is 0.418 e. The molecule has 0 bridgehead atoms. The number of nitrogens with two attached hydrogens (primary N) is 1. The third-order valence-corrected chi connectivity index (χ3v) is 4.43. The van der Waals surface area contributed by atoms with E-state index >= 15 is 0 Å². The van der Waals surface area contributed by atoms with E-state index in [4.69, 9.17) is 5.73 Å². The lowest BCUT2D eigenvalue weighted by Crippen LogP contribution is -2.20. The molecule has 0 saturated carbocycles. The lowest BCUT2D eigenvalue weighted by molar-refractivity contribution is -0.206. The molecule has 1 unspecified atom stereocenters. The van der Waals surface area contributed by atoms with Gasteiger partial charge in [-0.3, -0.25) is 0 Å². The molecule has 29 heavy (non-hydrogen) atoms. The molecule has 0 spiro atoms. The Morgan fingerprint density at radius 2 is 1.72 bits per heavy atom. The van der Waals surface area contributed by atoms with Crippen LogP contribution in [-0.4, -0.2) is 11.3 Å². The number of rotatable bonds is 6. The van der Waals surface area contributed by atoms with Crippen molar-refractivity contribution < 1.29 is 18.3 Å². The van der Waals surface area contributed by atoms with E-state index < -0.39 is 12.3 Å². The SMILES string of the molecule is Nc1c(N=O)cc(-c2cccc(C(O)C(F)(F)F)c2)cc1NCc1ccccc1. The van der Waals surface area contributed by atoms with E-state index in [1.54, 1.807) is 12.1 Å². The summed E-state index contributed by atoms with van der Waals surface area (Å²) in [5.74, 6) is 0. The fraction of sp³-hybridized carbons (Fsp3) is 0.143. The number of hydrogen-bond donors (Lipinski definition) is 3. The summed E-state index contributed by atoms with van der Waals surface area (Å²) in [7, 11) is 0. The molecular weight excluding hydrogens is 383 g/mol. The second kappa shape index (κ2) is 8.32. The molecule has 0 aliphatic rings. The Labute approximate surface area is 165 Å². The van der Waals surface area contributed by atoms with Crippen LogP contribution in [0.2, 0.25) is 0 Å². The van der Waals surface area contributed by atoms with Crippen molar-refractivity contribution in [3.63, 3.8) is 0 Å². The minimum Gasteiger partial charge on any atom is -0.395 e. The number of aliphatic hydroxyl groups excluding tert-OH is 1. The van der Waals surface area contributed by atoms with E-state index in [0.717, 1.165) is 5.56 Å². The maximum Gasteiger partial charge on any atom is 0.418 e. The van der Waals surface area contributed by atoms with Crippen molar-refractivity contribution in [2.75, 3.05) is 11.1 Å². The number of halogens is 3. The molecule has 150 valence electrons. The molecule has 0 aromatic heterocycles. The van der Waals surface area contributed by atoms with Crippen molar-refractivity contribution in [2.24, 2.45) is 5.18 Å². The Morgan fingerprint density at radius 1 is 1.00 bits per heavy atom. The number of nitrogen functional groups attached to an aromatic ring is 1. The van der Waals surface area contributed by atoms with E-state index in [2.05, 4.69) is 10.5 Å². The molecule has 3 aromatic rings. The lowest BCUT2D eigenvalue weighted by atomic mass is 9.99. The molecule has 8 heteroatoms. The van der Waals surface area contributed by atoms with Gasteiger partial charge in [-0.1, -0.05) is 48.5 Å². The first-order valence-electron chi connectivity index (χ1n) is 8.69. The normalized spacial score (nSPS) is 12.4. The number of alkyl halides is 3. The van der Waals surface area contributed by atoms with Gasteiger partial charge in [-0.15, -0.1) is 4.91 Å². The molecule has 3 rings (SSSR count). The predicted octanol–water partition coefficient (Wildman–Crippen LogP) is 5.54. The Bertz CT molecular complexity index is 1010. The zero-order chi connectivity index (χ0) is 21.0. The number of aliphatic hydroxyl groups is 1. The van der Waals surface area contributed by atoms with Crippen LogP contribution < -0.4 is 11.1 Å². The van der Waals surface area contributed by atoms with Crippen molar-refractivity contribution in [2.45, 2.75) is 18.8 Å². The molecule has 0 aliphatic heterocycles. The number of nitrogens with zero attached hydrogens (tertiary/aromatic N) is 1. The fourth-order valence-corrected chi connectivity index (χ4v) is 2.90. The number of hydrogen-bond acceptors (Lipinski definition) is 5. The van der Waals surface area contributed by atoms with Crippen molar-refractivity contribution in [1.29, 1.82) is 0 Å². The Hall–Kier alpha value is -3.39. The Kier molecular flexibility index (Phi) is 5.84. The standard InChI is InChI=1S/C21H18F3N3O2/c22-21(23,24)20(28)15-8-4-7-14(9-15)16-10-17(19(25)18(11-16)27-29)26-12-13-5-2-1-3-6-13/h1-11,20,26,28H,12,25H2. The topological polar surface area (TPSA) is 87.7 Å². The lowest BCUT2D eigenvalue weighted by Gasteiger charge is -2.17. The van der Waals surface area contributed by atoms with E-state index in [1.807, 2.05) is 30.3 Å². The molecule has 0 aliphatic carbocycles. The first-order valence-corrected chi connectivity index (χ1v) is 8.69. The average molecular weight is 401 g/mol. The van der Waals surface area contributed by atoms with Crippen LogP contribution in [0.15, 0.2) is 71.9 Å². The monoisotopic (exact) mass is 401 g/mol. The van der Waals surface area contributed by atoms with E-state index in [9.17, 15) is 23.2 Å². The molecule has 0 radical (unpaired) electrons. The van der Waals surface area contributed by atoms with Crippen LogP contribution in [0, 0.1) is 4.91 Å². The summed E-state index contributed by atoms with van der Waals surface area (Å²) < 4.78 is 38.5. The van der Waals surface area contributed by atoms with Crippen LogP contribution in [0.25, 0.3) is 11.1 Å². The highest BCUT2D eigenvalue weighted by molar-refractivity contribution is 5.85. The van der Waals surface area contributed by atoms with Gasteiger partial charge < -0.3 is 16.2 Å². The van der Waals surface area contributed by atoms with E-state index in [1.165, 1.54) is 24.3 Å². The summed E-state index contributed by atoms with van der Waals surface area (Å²) in [5, 5.41) is 15.6. The summed E-state index contributed by atoms with van der Waals surface area (Å²) in [6, 6.07) is 17.9. The highest BCUT2D eigenvalue weighted by Gasteiger charge is 2.39. The van der Waals surface area contributed by atoms with Gasteiger partial charge in [-0.05, 0) is 45.6 Å².